The first kappa shape index (κ1) is 21.4. The molecule has 32 heavy (non-hydrogen) atoms. The van der Waals surface area contributed by atoms with Crippen LogP contribution in [0.4, 0.5) is 16.2 Å². The molecule has 2 unspecified atom stereocenters. The number of nitrogens with zero attached hydrogens (tertiary/aromatic N) is 2. The zero-order valence-electron chi connectivity index (χ0n) is 18.0. The van der Waals surface area contributed by atoms with Gasteiger partial charge in [-0.1, -0.05) is 24.3 Å². The lowest BCUT2D eigenvalue weighted by Crippen LogP contribution is -2.47. The molecular weight excluding hydrogens is 412 g/mol. The molecule has 0 radical (unpaired) electrons. The van der Waals surface area contributed by atoms with Gasteiger partial charge in [0.15, 0.2) is 0 Å². The zero-order valence-corrected chi connectivity index (χ0v) is 18.0. The van der Waals surface area contributed by atoms with Crippen molar-refractivity contribution in [3.05, 3.63) is 54.1 Å². The van der Waals surface area contributed by atoms with E-state index in [2.05, 4.69) is 10.6 Å². The number of hydrogen-bond donors (Lipinski definition) is 2. The quantitative estimate of drug-likeness (QED) is 0.715. The Bertz CT molecular complexity index is 1120. The first-order valence-corrected chi connectivity index (χ1v) is 10.2. The molecule has 4 rings (SSSR count). The lowest BCUT2D eigenvalue weighted by molar-refractivity contribution is -0.134. The van der Waals surface area contributed by atoms with Crippen LogP contribution in [-0.2, 0) is 19.9 Å². The maximum Gasteiger partial charge on any atom is 0.325 e. The van der Waals surface area contributed by atoms with Gasteiger partial charge in [-0.3, -0.25) is 19.3 Å². The van der Waals surface area contributed by atoms with Crippen molar-refractivity contribution in [2.45, 2.75) is 31.8 Å². The Morgan fingerprint density at radius 1 is 1.16 bits per heavy atom. The Hall–Kier alpha value is -3.88. The van der Waals surface area contributed by atoms with Crippen LogP contribution in [0.25, 0.3) is 0 Å². The molecule has 9 heteroatoms. The second-order valence-corrected chi connectivity index (χ2v) is 8.06. The molecule has 1 saturated heterocycles. The molecule has 166 valence electrons. The van der Waals surface area contributed by atoms with Gasteiger partial charge in [0.2, 0.25) is 11.8 Å². The van der Waals surface area contributed by atoms with Crippen LogP contribution in [0.15, 0.2) is 48.5 Å². The molecule has 0 aliphatic carbocycles. The summed E-state index contributed by atoms with van der Waals surface area (Å²) in [6.45, 7) is 2.90. The van der Waals surface area contributed by atoms with Crippen LogP contribution in [0.2, 0.25) is 0 Å². The van der Waals surface area contributed by atoms with E-state index in [1.165, 1.54) is 12.0 Å². The van der Waals surface area contributed by atoms with Crippen molar-refractivity contribution in [3.63, 3.8) is 0 Å². The van der Waals surface area contributed by atoms with Gasteiger partial charge in [-0.2, -0.15) is 0 Å². The van der Waals surface area contributed by atoms with Crippen molar-refractivity contribution in [2.24, 2.45) is 0 Å². The molecule has 0 bridgehead atoms. The Labute approximate surface area is 185 Å². The average Bonchev–Trinajstić information content (AvgIpc) is 2.90. The van der Waals surface area contributed by atoms with E-state index in [4.69, 9.17) is 4.74 Å². The van der Waals surface area contributed by atoms with E-state index in [-0.39, 0.29) is 12.3 Å². The van der Waals surface area contributed by atoms with Crippen molar-refractivity contribution in [2.75, 3.05) is 23.9 Å². The van der Waals surface area contributed by atoms with Gasteiger partial charge >= 0.3 is 6.03 Å². The number of amides is 5. The molecule has 2 aliphatic heterocycles. The number of methoxy groups -OCH3 is 1. The van der Waals surface area contributed by atoms with Crippen molar-refractivity contribution in [1.29, 1.82) is 0 Å². The van der Waals surface area contributed by atoms with Crippen LogP contribution in [0.5, 0.6) is 5.75 Å². The third-order valence-electron chi connectivity index (χ3n) is 5.84. The lowest BCUT2D eigenvalue weighted by atomic mass is 9.92. The highest BCUT2D eigenvalue weighted by molar-refractivity contribution is 6.12. The van der Waals surface area contributed by atoms with E-state index >= 15 is 0 Å². The van der Waals surface area contributed by atoms with Gasteiger partial charge < -0.3 is 20.3 Å². The predicted molar refractivity (Wildman–Crippen MR) is 117 cm³/mol. The Balaban J connectivity index is 1.61. The van der Waals surface area contributed by atoms with Gasteiger partial charge in [0.05, 0.1) is 18.5 Å². The predicted octanol–water partition coefficient (Wildman–Crippen LogP) is 2.23. The standard InChI is InChI=1S/C23H24N4O5/c1-14-11-19(28)24-17-9-4-5-10-18(17)27(14)20(29)13-26-21(30)23(2,25-22(26)31)15-7-6-8-16(12-15)32-3/h4-10,12,14H,11,13H2,1-3H3,(H,24,28)(H,25,31). The number of fused-ring (bicyclic) bond motifs is 1. The number of imide groups is 1. The summed E-state index contributed by atoms with van der Waals surface area (Å²) < 4.78 is 5.23. The first-order chi connectivity index (χ1) is 15.2. The van der Waals surface area contributed by atoms with Gasteiger partial charge in [0, 0.05) is 12.5 Å². The lowest BCUT2D eigenvalue weighted by Gasteiger charge is -2.29. The molecular formula is C23H24N4O5. The maximum atomic E-state index is 13.3. The summed E-state index contributed by atoms with van der Waals surface area (Å²) >= 11 is 0. The van der Waals surface area contributed by atoms with Gasteiger partial charge in [0.25, 0.3) is 5.91 Å². The van der Waals surface area contributed by atoms with Crippen molar-refractivity contribution < 1.29 is 23.9 Å². The number of urea groups is 1. The molecule has 0 saturated carbocycles. The fraction of sp³-hybridized carbons (Fsp3) is 0.304. The van der Waals surface area contributed by atoms with Crippen LogP contribution >= 0.6 is 0 Å². The molecule has 2 heterocycles. The SMILES string of the molecule is COc1cccc(C2(C)NC(=O)N(CC(=O)N3c4ccccc4NC(=O)CC3C)C2=O)c1. The summed E-state index contributed by atoms with van der Waals surface area (Å²) in [5.41, 5.74) is 0.256. The fourth-order valence-electron chi connectivity index (χ4n) is 4.15. The normalized spacial score (nSPS) is 22.7. The second-order valence-electron chi connectivity index (χ2n) is 8.06. The topological polar surface area (TPSA) is 108 Å². The monoisotopic (exact) mass is 436 g/mol. The van der Waals surface area contributed by atoms with Crippen LogP contribution < -0.4 is 20.3 Å². The summed E-state index contributed by atoms with van der Waals surface area (Å²) in [4.78, 5) is 53.9. The van der Waals surface area contributed by atoms with Crippen LogP contribution in [-0.4, -0.2) is 48.3 Å². The minimum absolute atomic E-state index is 0.0993. The number of ether oxygens (including phenoxy) is 1. The number of carbonyl (C=O) groups excluding carboxylic acids is 4. The summed E-state index contributed by atoms with van der Waals surface area (Å²) in [5.74, 6) is -0.651. The maximum absolute atomic E-state index is 13.3. The third kappa shape index (κ3) is 3.55. The number of rotatable bonds is 4. The van der Waals surface area contributed by atoms with Crippen molar-refractivity contribution in [1.82, 2.24) is 10.2 Å². The molecule has 2 aromatic rings. The van der Waals surface area contributed by atoms with Crippen molar-refractivity contribution in [3.8, 4) is 5.75 Å². The Kier molecular flexibility index (Phi) is 5.33. The zero-order chi connectivity index (χ0) is 23.0. The van der Waals surface area contributed by atoms with Gasteiger partial charge in [-0.25, -0.2) is 4.79 Å². The van der Waals surface area contributed by atoms with E-state index in [1.54, 1.807) is 62.4 Å². The molecule has 2 aliphatic rings. The number of para-hydroxylation sites is 2. The molecule has 1 fully saturated rings. The molecule has 2 aromatic carbocycles. The minimum Gasteiger partial charge on any atom is -0.497 e. The van der Waals surface area contributed by atoms with E-state index in [0.29, 0.717) is 22.7 Å². The molecule has 5 amide bonds. The molecule has 9 nitrogen and oxygen atoms in total. The van der Waals surface area contributed by atoms with E-state index in [9.17, 15) is 19.2 Å². The van der Waals surface area contributed by atoms with Gasteiger partial charge in [0.1, 0.15) is 17.8 Å². The highest BCUT2D eigenvalue weighted by Crippen LogP contribution is 2.33. The number of hydrogen-bond acceptors (Lipinski definition) is 5. The van der Waals surface area contributed by atoms with Crippen LogP contribution in [0.1, 0.15) is 25.8 Å². The minimum atomic E-state index is -1.33. The summed E-state index contributed by atoms with van der Waals surface area (Å²) in [6, 6.07) is 12.7. The van der Waals surface area contributed by atoms with Gasteiger partial charge in [-0.15, -0.1) is 0 Å². The molecule has 2 atom stereocenters. The van der Waals surface area contributed by atoms with E-state index in [1.807, 2.05) is 0 Å². The smallest absolute Gasteiger partial charge is 0.325 e. The highest BCUT2D eigenvalue weighted by atomic mass is 16.5. The van der Waals surface area contributed by atoms with Crippen LogP contribution in [0, 0.1) is 0 Å². The number of anilines is 2. The summed E-state index contributed by atoms with van der Waals surface area (Å²) in [7, 11) is 1.52. The van der Waals surface area contributed by atoms with Gasteiger partial charge in [-0.05, 0) is 43.7 Å². The van der Waals surface area contributed by atoms with E-state index < -0.39 is 36.0 Å². The fourth-order valence-corrected chi connectivity index (χ4v) is 4.15. The number of nitrogens with one attached hydrogen (secondary N) is 2. The number of benzene rings is 2. The van der Waals surface area contributed by atoms with E-state index in [0.717, 1.165) is 4.90 Å². The number of carbonyl (C=O) groups is 4. The Morgan fingerprint density at radius 2 is 1.91 bits per heavy atom. The third-order valence-corrected chi connectivity index (χ3v) is 5.84. The highest BCUT2D eigenvalue weighted by Gasteiger charge is 2.50. The second kappa shape index (κ2) is 7.99. The summed E-state index contributed by atoms with van der Waals surface area (Å²) in [6.07, 6.45) is 0.0993. The molecule has 0 aromatic heterocycles. The van der Waals surface area contributed by atoms with Crippen LogP contribution in [0.3, 0.4) is 0 Å². The van der Waals surface area contributed by atoms with Crippen molar-refractivity contribution >= 4 is 35.1 Å². The first-order valence-electron chi connectivity index (χ1n) is 10.2. The Morgan fingerprint density at radius 3 is 2.66 bits per heavy atom. The molecule has 2 N–H and O–H groups in total. The molecule has 0 spiro atoms. The summed E-state index contributed by atoms with van der Waals surface area (Å²) in [5, 5.41) is 5.49. The largest absolute Gasteiger partial charge is 0.497 e. The average molecular weight is 436 g/mol.